The van der Waals surface area contributed by atoms with Crippen molar-refractivity contribution < 1.29 is 19.5 Å². The average molecular weight is 218 g/mol. The largest absolute Gasteiger partial charge is 0.476 e. The standard InChI is InChI=1S/C10H6N2O4/c13-8-7(10(15)16)11-12(9(8)14)6-4-2-1-3-5-6/h1-5H,(H,15,16). The van der Waals surface area contributed by atoms with Crippen LogP contribution >= 0.6 is 0 Å². The molecule has 0 aromatic heterocycles. The van der Waals surface area contributed by atoms with E-state index in [1.165, 1.54) is 0 Å². The van der Waals surface area contributed by atoms with Crippen LogP contribution in [0.2, 0.25) is 0 Å². The number of rotatable bonds is 2. The van der Waals surface area contributed by atoms with Gasteiger partial charge in [-0.1, -0.05) is 18.2 Å². The predicted octanol–water partition coefficient (Wildman–Crippen LogP) is 0.0429. The third-order valence-electron chi connectivity index (χ3n) is 2.01. The van der Waals surface area contributed by atoms with Gasteiger partial charge in [0.05, 0.1) is 5.69 Å². The fraction of sp³-hybridized carbons (Fsp3) is 0. The lowest BCUT2D eigenvalue weighted by atomic mass is 10.2. The van der Waals surface area contributed by atoms with Crippen molar-refractivity contribution in [1.82, 2.24) is 0 Å². The number of benzene rings is 1. The van der Waals surface area contributed by atoms with Gasteiger partial charge < -0.3 is 5.11 Å². The minimum Gasteiger partial charge on any atom is -0.476 e. The second kappa shape index (κ2) is 3.58. The van der Waals surface area contributed by atoms with Crippen LogP contribution in [-0.2, 0) is 14.4 Å². The highest BCUT2D eigenvalue weighted by molar-refractivity contribution is 6.81. The van der Waals surface area contributed by atoms with Gasteiger partial charge in [-0.3, -0.25) is 9.59 Å². The summed E-state index contributed by atoms with van der Waals surface area (Å²) in [5, 5.41) is 12.9. The maximum Gasteiger partial charge on any atom is 0.360 e. The summed E-state index contributed by atoms with van der Waals surface area (Å²) in [6.07, 6.45) is 0. The smallest absolute Gasteiger partial charge is 0.360 e. The Kier molecular flexibility index (Phi) is 2.24. The molecule has 0 bridgehead atoms. The average Bonchev–Trinajstić information content (AvgIpc) is 2.58. The molecule has 0 radical (unpaired) electrons. The first kappa shape index (κ1) is 10.0. The zero-order chi connectivity index (χ0) is 11.7. The van der Waals surface area contributed by atoms with Gasteiger partial charge in [-0.2, -0.15) is 10.1 Å². The lowest BCUT2D eigenvalue weighted by Gasteiger charge is -2.09. The van der Waals surface area contributed by atoms with Crippen molar-refractivity contribution in [2.24, 2.45) is 5.10 Å². The minimum absolute atomic E-state index is 0.358. The van der Waals surface area contributed by atoms with Crippen molar-refractivity contribution in [1.29, 1.82) is 0 Å². The Morgan fingerprint density at radius 3 is 2.31 bits per heavy atom. The number of nitrogens with zero attached hydrogens (tertiary/aromatic N) is 2. The number of para-hydroxylation sites is 1. The Balaban J connectivity index is 2.42. The molecule has 2 rings (SSSR count). The summed E-state index contributed by atoms with van der Waals surface area (Å²) in [7, 11) is 0. The highest BCUT2D eigenvalue weighted by Crippen LogP contribution is 2.18. The van der Waals surface area contributed by atoms with Crippen LogP contribution in [0.5, 0.6) is 0 Å². The minimum atomic E-state index is -1.50. The van der Waals surface area contributed by atoms with Crippen LogP contribution in [0.15, 0.2) is 35.4 Å². The lowest BCUT2D eigenvalue weighted by Crippen LogP contribution is -2.29. The molecule has 80 valence electrons. The molecule has 0 spiro atoms. The topological polar surface area (TPSA) is 87.0 Å². The van der Waals surface area contributed by atoms with Crippen molar-refractivity contribution in [3.8, 4) is 0 Å². The Bertz CT molecular complexity index is 507. The van der Waals surface area contributed by atoms with Crippen LogP contribution in [0.3, 0.4) is 0 Å². The van der Waals surface area contributed by atoms with E-state index < -0.39 is 23.4 Å². The third kappa shape index (κ3) is 1.46. The summed E-state index contributed by atoms with van der Waals surface area (Å²) in [5.41, 5.74) is -0.397. The van der Waals surface area contributed by atoms with Crippen LogP contribution in [0.1, 0.15) is 0 Å². The van der Waals surface area contributed by atoms with Crippen molar-refractivity contribution in [3.05, 3.63) is 30.3 Å². The number of hydrazone groups is 1. The summed E-state index contributed by atoms with van der Waals surface area (Å²) in [5.74, 6) is -3.56. The van der Waals surface area contributed by atoms with E-state index in [0.29, 0.717) is 5.69 Å². The SMILES string of the molecule is O=C(O)C1=NN(c2ccccc2)C(=O)C1=O. The highest BCUT2D eigenvalue weighted by Gasteiger charge is 2.38. The number of amides is 1. The summed E-state index contributed by atoms with van der Waals surface area (Å²) >= 11 is 0. The van der Waals surface area contributed by atoms with Gasteiger partial charge in [0.2, 0.25) is 5.71 Å². The van der Waals surface area contributed by atoms with Gasteiger partial charge in [-0.25, -0.2) is 4.79 Å². The highest BCUT2D eigenvalue weighted by atomic mass is 16.4. The fourth-order valence-electron chi connectivity index (χ4n) is 1.27. The molecule has 1 amide bonds. The number of carboxylic acids is 1. The van der Waals surface area contributed by atoms with E-state index in [4.69, 9.17) is 5.11 Å². The molecule has 16 heavy (non-hydrogen) atoms. The molecule has 0 saturated heterocycles. The maximum absolute atomic E-state index is 11.4. The lowest BCUT2D eigenvalue weighted by molar-refractivity contribution is -0.134. The van der Waals surface area contributed by atoms with Crippen LogP contribution in [0.4, 0.5) is 5.69 Å². The summed E-state index contributed by atoms with van der Waals surface area (Å²) in [6.45, 7) is 0. The molecule has 0 unspecified atom stereocenters. The molecular formula is C10H6N2O4. The Hall–Kier alpha value is -2.50. The number of ketones is 1. The molecule has 6 heteroatoms. The Labute approximate surface area is 89.8 Å². The molecule has 0 atom stereocenters. The van der Waals surface area contributed by atoms with Gasteiger partial charge >= 0.3 is 11.9 Å². The van der Waals surface area contributed by atoms with Crippen LogP contribution in [0.25, 0.3) is 0 Å². The number of anilines is 1. The Morgan fingerprint density at radius 2 is 1.81 bits per heavy atom. The van der Waals surface area contributed by atoms with E-state index >= 15 is 0 Å². The normalized spacial score (nSPS) is 15.2. The second-order valence-corrected chi connectivity index (χ2v) is 3.04. The summed E-state index contributed by atoms with van der Waals surface area (Å²) in [4.78, 5) is 33.3. The maximum atomic E-state index is 11.4. The molecule has 0 saturated carbocycles. The van der Waals surface area contributed by atoms with Gasteiger partial charge in [-0.05, 0) is 12.1 Å². The molecule has 1 N–H and O–H groups in total. The number of carboxylic acid groups (broad SMARTS) is 1. The second-order valence-electron chi connectivity index (χ2n) is 3.04. The van der Waals surface area contributed by atoms with Crippen LogP contribution in [0, 0.1) is 0 Å². The molecular weight excluding hydrogens is 212 g/mol. The van der Waals surface area contributed by atoms with Crippen molar-refractivity contribution in [2.75, 3.05) is 5.01 Å². The molecule has 1 aromatic rings. The van der Waals surface area contributed by atoms with Crippen LogP contribution in [-0.4, -0.2) is 28.5 Å². The molecule has 0 aliphatic carbocycles. The molecule has 1 aliphatic rings. The third-order valence-corrected chi connectivity index (χ3v) is 2.01. The van der Waals surface area contributed by atoms with Crippen molar-refractivity contribution in [2.45, 2.75) is 0 Å². The predicted molar refractivity (Wildman–Crippen MR) is 54.0 cm³/mol. The molecule has 1 heterocycles. The van der Waals surface area contributed by atoms with E-state index in [1.54, 1.807) is 30.3 Å². The van der Waals surface area contributed by atoms with Gasteiger partial charge in [0.1, 0.15) is 0 Å². The van der Waals surface area contributed by atoms with Crippen molar-refractivity contribution >= 4 is 29.1 Å². The molecule has 0 fully saturated rings. The number of carbonyl (C=O) groups excluding carboxylic acids is 2. The van der Waals surface area contributed by atoms with E-state index in [0.717, 1.165) is 5.01 Å². The molecule has 1 aliphatic heterocycles. The number of Topliss-reactive ketones (excluding diaryl/α,β-unsaturated/α-hetero) is 1. The molecule has 6 nitrogen and oxygen atoms in total. The van der Waals surface area contributed by atoms with Gasteiger partial charge in [0.25, 0.3) is 5.78 Å². The van der Waals surface area contributed by atoms with E-state index in [2.05, 4.69) is 5.10 Å². The van der Waals surface area contributed by atoms with Gasteiger partial charge in [-0.15, -0.1) is 0 Å². The fourth-order valence-corrected chi connectivity index (χ4v) is 1.27. The summed E-state index contributed by atoms with van der Waals surface area (Å²) < 4.78 is 0. The van der Waals surface area contributed by atoms with E-state index in [-0.39, 0.29) is 0 Å². The molecule has 1 aromatic carbocycles. The zero-order valence-corrected chi connectivity index (χ0v) is 7.95. The Morgan fingerprint density at radius 1 is 1.19 bits per heavy atom. The first-order chi connectivity index (χ1) is 7.61. The number of aliphatic carboxylic acids is 1. The number of hydrogen-bond donors (Lipinski definition) is 1. The summed E-state index contributed by atoms with van der Waals surface area (Å²) in [6, 6.07) is 8.15. The first-order valence-electron chi connectivity index (χ1n) is 4.37. The van der Waals surface area contributed by atoms with Crippen molar-refractivity contribution in [3.63, 3.8) is 0 Å². The monoisotopic (exact) mass is 218 g/mol. The first-order valence-corrected chi connectivity index (χ1v) is 4.37. The quantitative estimate of drug-likeness (QED) is 0.710. The number of carbonyl (C=O) groups is 3. The van der Waals surface area contributed by atoms with E-state index in [1.807, 2.05) is 0 Å². The number of hydrogen-bond acceptors (Lipinski definition) is 4. The van der Waals surface area contributed by atoms with E-state index in [9.17, 15) is 14.4 Å². The van der Waals surface area contributed by atoms with Gasteiger partial charge in [0, 0.05) is 0 Å². The van der Waals surface area contributed by atoms with Gasteiger partial charge in [0.15, 0.2) is 0 Å². The van der Waals surface area contributed by atoms with Crippen LogP contribution < -0.4 is 5.01 Å². The zero-order valence-electron chi connectivity index (χ0n) is 7.95.